The number of benzene rings is 1. The topological polar surface area (TPSA) is 74.3 Å². The predicted molar refractivity (Wildman–Crippen MR) is 94.9 cm³/mol. The van der Waals surface area contributed by atoms with Gasteiger partial charge in [0.25, 0.3) is 0 Å². The van der Waals surface area contributed by atoms with E-state index in [-0.39, 0.29) is 24.5 Å². The van der Waals surface area contributed by atoms with Gasteiger partial charge in [-0.3, -0.25) is 15.0 Å². The molecule has 1 fully saturated rings. The minimum atomic E-state index is -0.389. The highest BCUT2D eigenvalue weighted by molar-refractivity contribution is 7.18. The molecule has 0 aliphatic heterocycles. The SMILES string of the molecule is CN(CC(=O)NC(=O)NC1CCCC1)Cc1nc2ccccc2s1. The Morgan fingerprint density at radius 2 is 2.04 bits per heavy atom. The van der Waals surface area contributed by atoms with Gasteiger partial charge in [-0.2, -0.15) is 0 Å². The number of amides is 3. The number of hydrogen-bond donors (Lipinski definition) is 2. The number of fused-ring (bicyclic) bond motifs is 1. The van der Waals surface area contributed by atoms with E-state index in [4.69, 9.17) is 0 Å². The van der Waals surface area contributed by atoms with Gasteiger partial charge in [0.2, 0.25) is 5.91 Å². The van der Waals surface area contributed by atoms with Crippen LogP contribution < -0.4 is 10.6 Å². The molecule has 3 amide bonds. The zero-order valence-electron chi connectivity index (χ0n) is 13.7. The number of carbonyl (C=O) groups excluding carboxylic acids is 2. The van der Waals surface area contributed by atoms with Crippen molar-refractivity contribution in [1.82, 2.24) is 20.5 Å². The molecule has 1 aliphatic rings. The minimum absolute atomic E-state index is 0.161. The molecule has 0 atom stereocenters. The lowest BCUT2D eigenvalue weighted by molar-refractivity contribution is -0.120. The Hall–Kier alpha value is -1.99. The smallest absolute Gasteiger partial charge is 0.321 e. The molecule has 3 rings (SSSR count). The van der Waals surface area contributed by atoms with Crippen molar-refractivity contribution in [3.05, 3.63) is 29.3 Å². The number of thiazole rings is 1. The van der Waals surface area contributed by atoms with Crippen LogP contribution in [0.5, 0.6) is 0 Å². The second kappa shape index (κ2) is 7.72. The maximum absolute atomic E-state index is 12.0. The summed E-state index contributed by atoms with van der Waals surface area (Å²) in [6.45, 7) is 0.741. The quantitative estimate of drug-likeness (QED) is 0.872. The maximum Gasteiger partial charge on any atom is 0.321 e. The number of para-hydroxylation sites is 1. The standard InChI is InChI=1S/C17H22N4O2S/c1-21(11-16-19-13-8-4-5-9-14(13)24-16)10-15(22)20-17(23)18-12-6-2-3-7-12/h4-5,8-9,12H,2-3,6-7,10-11H2,1H3,(H2,18,20,22,23). The first kappa shape index (κ1) is 16.9. The molecule has 0 unspecified atom stereocenters. The highest BCUT2D eigenvalue weighted by atomic mass is 32.1. The van der Waals surface area contributed by atoms with E-state index in [0.29, 0.717) is 6.54 Å². The summed E-state index contributed by atoms with van der Waals surface area (Å²) in [6.07, 6.45) is 4.28. The van der Waals surface area contributed by atoms with Crippen LogP contribution in [0.25, 0.3) is 10.2 Å². The van der Waals surface area contributed by atoms with E-state index in [2.05, 4.69) is 15.6 Å². The summed E-state index contributed by atoms with van der Waals surface area (Å²) >= 11 is 1.62. The molecule has 0 radical (unpaired) electrons. The minimum Gasteiger partial charge on any atom is -0.335 e. The molecule has 6 nitrogen and oxygen atoms in total. The van der Waals surface area contributed by atoms with Crippen LogP contribution in [0.1, 0.15) is 30.7 Å². The first-order valence-corrected chi connectivity index (χ1v) is 9.05. The van der Waals surface area contributed by atoms with Gasteiger partial charge in [-0.25, -0.2) is 9.78 Å². The third kappa shape index (κ3) is 4.52. The van der Waals surface area contributed by atoms with E-state index >= 15 is 0 Å². The van der Waals surface area contributed by atoms with Crippen molar-refractivity contribution in [3.8, 4) is 0 Å². The summed E-state index contributed by atoms with van der Waals surface area (Å²) in [7, 11) is 1.85. The normalized spacial score (nSPS) is 15.1. The number of aromatic nitrogens is 1. The average molecular weight is 346 g/mol. The Morgan fingerprint density at radius 3 is 2.79 bits per heavy atom. The fraction of sp³-hybridized carbons (Fsp3) is 0.471. The van der Waals surface area contributed by atoms with Crippen LogP contribution in [-0.4, -0.2) is 41.5 Å². The Morgan fingerprint density at radius 1 is 1.29 bits per heavy atom. The van der Waals surface area contributed by atoms with E-state index in [9.17, 15) is 9.59 Å². The highest BCUT2D eigenvalue weighted by Crippen LogP contribution is 2.22. The van der Waals surface area contributed by atoms with Gasteiger partial charge in [0.15, 0.2) is 0 Å². The molecule has 2 N–H and O–H groups in total. The zero-order chi connectivity index (χ0) is 16.9. The maximum atomic E-state index is 12.0. The van der Waals surface area contributed by atoms with Crippen LogP contribution in [-0.2, 0) is 11.3 Å². The molecule has 1 aromatic heterocycles. The van der Waals surface area contributed by atoms with Crippen molar-refractivity contribution in [1.29, 1.82) is 0 Å². The molecule has 1 aromatic carbocycles. The summed E-state index contributed by atoms with van der Waals surface area (Å²) < 4.78 is 1.14. The van der Waals surface area contributed by atoms with Gasteiger partial charge in [0, 0.05) is 6.04 Å². The summed E-state index contributed by atoms with van der Waals surface area (Å²) in [6, 6.07) is 7.79. The lowest BCUT2D eigenvalue weighted by Gasteiger charge is -2.16. The van der Waals surface area contributed by atoms with Gasteiger partial charge in [0.1, 0.15) is 5.01 Å². The van der Waals surface area contributed by atoms with E-state index in [1.54, 1.807) is 11.3 Å². The molecule has 1 heterocycles. The molecular formula is C17H22N4O2S. The van der Waals surface area contributed by atoms with Gasteiger partial charge in [-0.1, -0.05) is 25.0 Å². The molecule has 24 heavy (non-hydrogen) atoms. The summed E-state index contributed by atoms with van der Waals surface area (Å²) in [5, 5.41) is 6.21. The first-order valence-electron chi connectivity index (χ1n) is 8.23. The molecule has 0 bridgehead atoms. The van der Waals surface area contributed by atoms with Crippen LogP contribution in [0.3, 0.4) is 0 Å². The van der Waals surface area contributed by atoms with Gasteiger partial charge in [0.05, 0.1) is 23.3 Å². The molecule has 0 saturated heterocycles. The van der Waals surface area contributed by atoms with E-state index in [0.717, 1.165) is 40.9 Å². The molecule has 2 aromatic rings. The Bertz CT molecular complexity index is 691. The largest absolute Gasteiger partial charge is 0.335 e. The van der Waals surface area contributed by atoms with Crippen molar-refractivity contribution in [2.75, 3.05) is 13.6 Å². The zero-order valence-corrected chi connectivity index (χ0v) is 14.6. The van der Waals surface area contributed by atoms with Crippen molar-refractivity contribution in [2.45, 2.75) is 38.3 Å². The van der Waals surface area contributed by atoms with E-state index in [1.165, 1.54) is 0 Å². The molecule has 128 valence electrons. The van der Waals surface area contributed by atoms with Gasteiger partial charge in [-0.15, -0.1) is 11.3 Å². The van der Waals surface area contributed by atoms with Crippen molar-refractivity contribution >= 4 is 33.5 Å². The van der Waals surface area contributed by atoms with Crippen LogP contribution in [0, 0.1) is 0 Å². The van der Waals surface area contributed by atoms with Crippen LogP contribution >= 0.6 is 11.3 Å². The molecule has 7 heteroatoms. The van der Waals surface area contributed by atoms with Crippen molar-refractivity contribution < 1.29 is 9.59 Å². The number of imide groups is 1. The Labute approximate surface area is 145 Å². The average Bonchev–Trinajstić information content (AvgIpc) is 3.14. The van der Waals surface area contributed by atoms with Crippen LogP contribution in [0.4, 0.5) is 4.79 Å². The summed E-state index contributed by atoms with van der Waals surface area (Å²) in [4.78, 5) is 30.2. The summed E-state index contributed by atoms with van der Waals surface area (Å²) in [5.41, 5.74) is 0.978. The van der Waals surface area contributed by atoms with E-state index in [1.807, 2.05) is 36.2 Å². The molecular weight excluding hydrogens is 324 g/mol. The number of rotatable bonds is 5. The molecule has 1 saturated carbocycles. The number of hydrogen-bond acceptors (Lipinski definition) is 5. The number of nitrogens with one attached hydrogen (secondary N) is 2. The van der Waals surface area contributed by atoms with Gasteiger partial charge >= 0.3 is 6.03 Å². The third-order valence-corrected chi connectivity index (χ3v) is 5.12. The summed E-state index contributed by atoms with van der Waals surface area (Å²) in [5.74, 6) is -0.297. The molecule has 0 spiro atoms. The highest BCUT2D eigenvalue weighted by Gasteiger charge is 2.18. The number of likely N-dealkylation sites (N-methyl/N-ethyl adjacent to an activating group) is 1. The monoisotopic (exact) mass is 346 g/mol. The Balaban J connectivity index is 1.45. The lowest BCUT2D eigenvalue weighted by atomic mass is 10.2. The predicted octanol–water partition coefficient (Wildman–Crippen LogP) is 2.50. The number of carbonyl (C=O) groups is 2. The van der Waals surface area contributed by atoms with Gasteiger partial charge < -0.3 is 5.32 Å². The van der Waals surface area contributed by atoms with Crippen molar-refractivity contribution in [2.24, 2.45) is 0 Å². The first-order chi connectivity index (χ1) is 11.6. The Kier molecular flexibility index (Phi) is 5.42. The van der Waals surface area contributed by atoms with E-state index < -0.39 is 0 Å². The van der Waals surface area contributed by atoms with Crippen LogP contribution in [0.15, 0.2) is 24.3 Å². The fourth-order valence-corrected chi connectivity index (χ4v) is 4.02. The number of nitrogens with zero attached hydrogens (tertiary/aromatic N) is 2. The fourth-order valence-electron chi connectivity index (χ4n) is 2.98. The number of urea groups is 1. The second-order valence-corrected chi connectivity index (χ2v) is 7.37. The lowest BCUT2D eigenvalue weighted by Crippen LogP contribution is -2.46. The molecule has 1 aliphatic carbocycles. The van der Waals surface area contributed by atoms with Crippen molar-refractivity contribution in [3.63, 3.8) is 0 Å². The second-order valence-electron chi connectivity index (χ2n) is 6.25. The van der Waals surface area contributed by atoms with Gasteiger partial charge in [-0.05, 0) is 32.0 Å². The van der Waals surface area contributed by atoms with Crippen LogP contribution in [0.2, 0.25) is 0 Å². The third-order valence-electron chi connectivity index (χ3n) is 4.10.